The predicted octanol–water partition coefficient (Wildman–Crippen LogP) is 4.65. The second-order valence-electron chi connectivity index (χ2n) is 6.99. The molecule has 1 amide bonds. The summed E-state index contributed by atoms with van der Waals surface area (Å²) in [7, 11) is -4.50. The van der Waals surface area contributed by atoms with Crippen molar-refractivity contribution >= 4 is 21.7 Å². The Labute approximate surface area is 183 Å². The predicted molar refractivity (Wildman–Crippen MR) is 101 cm³/mol. The van der Waals surface area contributed by atoms with E-state index in [1.54, 1.807) is 0 Å². The second-order valence-corrected chi connectivity index (χ2v) is 9.22. The van der Waals surface area contributed by atoms with Gasteiger partial charge in [-0.05, 0) is 36.4 Å². The molecule has 0 radical (unpaired) electrons. The molecule has 0 aliphatic carbocycles. The maximum absolute atomic E-state index is 13.2. The lowest BCUT2D eigenvalue weighted by molar-refractivity contribution is -0.138. The number of alkyl halides is 6. The van der Waals surface area contributed by atoms with Gasteiger partial charge in [-0.1, -0.05) is 0 Å². The van der Waals surface area contributed by atoms with E-state index >= 15 is 0 Å². The van der Waals surface area contributed by atoms with Crippen LogP contribution in [0.25, 0.3) is 0 Å². The van der Waals surface area contributed by atoms with Gasteiger partial charge >= 0.3 is 18.4 Å². The van der Waals surface area contributed by atoms with Gasteiger partial charge < -0.3 is 9.47 Å². The number of aromatic nitrogens is 1. The van der Waals surface area contributed by atoms with Crippen molar-refractivity contribution in [2.24, 2.45) is 0 Å². The maximum Gasteiger partial charge on any atom is 0.417 e. The van der Waals surface area contributed by atoms with Gasteiger partial charge in [0.05, 0.1) is 29.2 Å². The van der Waals surface area contributed by atoms with E-state index in [0.29, 0.717) is 24.4 Å². The molecule has 33 heavy (non-hydrogen) atoms. The van der Waals surface area contributed by atoms with Crippen LogP contribution in [0.15, 0.2) is 47.5 Å². The molecule has 2 heterocycles. The number of sulfone groups is 1. The summed E-state index contributed by atoms with van der Waals surface area (Å²) in [6, 6.07) is 4.21. The minimum absolute atomic E-state index is 0.119. The van der Waals surface area contributed by atoms with Crippen molar-refractivity contribution < 1.29 is 49.0 Å². The molecule has 0 spiro atoms. The van der Waals surface area contributed by atoms with E-state index in [4.69, 9.17) is 9.47 Å². The molecule has 0 saturated carbocycles. The molecule has 2 aromatic rings. The Morgan fingerprint density at radius 3 is 1.97 bits per heavy atom. The third kappa shape index (κ3) is 5.38. The van der Waals surface area contributed by atoms with E-state index < -0.39 is 49.2 Å². The molecule has 0 atom stereocenters. The monoisotopic (exact) mass is 498 g/mol. The van der Waals surface area contributed by atoms with Gasteiger partial charge in [-0.2, -0.15) is 26.3 Å². The first-order valence-electron chi connectivity index (χ1n) is 9.27. The number of pyridine rings is 1. The number of anilines is 1. The number of benzene rings is 1. The topological polar surface area (TPSA) is 94.6 Å². The quantitative estimate of drug-likeness (QED) is 0.617. The van der Waals surface area contributed by atoms with Crippen LogP contribution >= 0.6 is 0 Å². The number of rotatable bonds is 4. The summed E-state index contributed by atoms with van der Waals surface area (Å²) in [4.78, 5) is 13.2. The van der Waals surface area contributed by atoms with E-state index in [2.05, 4.69) is 10.3 Å². The molecule has 1 aromatic heterocycles. The molecule has 3 rings (SSSR count). The highest BCUT2D eigenvalue weighted by molar-refractivity contribution is 7.92. The molecular weight excluding hydrogens is 482 g/mol. The first kappa shape index (κ1) is 24.8. The Morgan fingerprint density at radius 2 is 1.48 bits per heavy atom. The van der Waals surface area contributed by atoms with Crippen molar-refractivity contribution in [3.8, 4) is 0 Å². The molecule has 7 nitrogen and oxygen atoms in total. The summed E-state index contributed by atoms with van der Waals surface area (Å²) in [6.07, 6.45) is -10.8. The lowest BCUT2D eigenvalue weighted by atomic mass is 10.1. The SMILES string of the molecule is O=C(Nc1ccc(C(F)(F)F)cn1)OC1(S(=O)(=O)c2ccc(C(F)(F)F)cc2)CCOCC1. The Kier molecular flexibility index (Phi) is 6.62. The Balaban J connectivity index is 1.84. The summed E-state index contributed by atoms with van der Waals surface area (Å²) in [6.45, 7) is -0.239. The van der Waals surface area contributed by atoms with Crippen LogP contribution in [0.4, 0.5) is 37.0 Å². The van der Waals surface area contributed by atoms with Crippen LogP contribution in [0.3, 0.4) is 0 Å². The fourth-order valence-corrected chi connectivity index (χ4v) is 4.89. The van der Waals surface area contributed by atoms with E-state index in [-0.39, 0.29) is 31.9 Å². The first-order valence-corrected chi connectivity index (χ1v) is 10.8. The molecule has 1 fully saturated rings. The zero-order valence-electron chi connectivity index (χ0n) is 16.5. The second kappa shape index (κ2) is 8.82. The number of carbonyl (C=O) groups excluding carboxylic acids is 1. The summed E-state index contributed by atoms with van der Waals surface area (Å²) in [5.74, 6) is -0.331. The number of carbonyl (C=O) groups is 1. The zero-order chi connectivity index (χ0) is 24.5. The van der Waals surface area contributed by atoms with Crippen LogP contribution in [-0.4, -0.2) is 37.6 Å². The van der Waals surface area contributed by atoms with Crippen LogP contribution in [0.5, 0.6) is 0 Å². The smallest absolute Gasteiger partial charge is 0.417 e. The van der Waals surface area contributed by atoms with Gasteiger partial charge in [-0.15, -0.1) is 0 Å². The van der Waals surface area contributed by atoms with Gasteiger partial charge in [0.1, 0.15) is 5.82 Å². The number of amides is 1. The molecular formula is C19H16F6N2O5S. The molecule has 1 N–H and O–H groups in total. The number of hydrogen-bond acceptors (Lipinski definition) is 6. The van der Waals surface area contributed by atoms with Crippen molar-refractivity contribution in [1.29, 1.82) is 0 Å². The van der Waals surface area contributed by atoms with Gasteiger partial charge in [-0.25, -0.2) is 18.2 Å². The normalized spacial score (nSPS) is 16.8. The van der Waals surface area contributed by atoms with Crippen LogP contribution < -0.4 is 5.32 Å². The standard InChI is InChI=1S/C19H16F6N2O5S/c20-18(21,22)12-1-4-14(5-2-12)33(29,30)17(7-9-31-10-8-17)32-16(28)27-15-6-3-13(11-26-15)19(23,24)25/h1-6,11H,7-10H2,(H,26,27,28). The van der Waals surface area contributed by atoms with E-state index in [0.717, 1.165) is 18.2 Å². The minimum Gasteiger partial charge on any atom is -0.426 e. The van der Waals surface area contributed by atoms with Gasteiger partial charge in [-0.3, -0.25) is 5.32 Å². The molecule has 14 heteroatoms. The largest absolute Gasteiger partial charge is 0.426 e. The van der Waals surface area contributed by atoms with Crippen molar-refractivity contribution in [2.45, 2.75) is 35.0 Å². The number of halogens is 6. The molecule has 1 aliphatic rings. The van der Waals surface area contributed by atoms with Crippen LogP contribution in [-0.2, 0) is 31.7 Å². The fraction of sp³-hybridized carbons (Fsp3) is 0.368. The van der Waals surface area contributed by atoms with Gasteiger partial charge in [0.2, 0.25) is 14.8 Å². The number of ether oxygens (including phenoxy) is 2. The number of nitrogens with zero attached hydrogens (tertiary/aromatic N) is 1. The van der Waals surface area contributed by atoms with Crippen molar-refractivity contribution in [1.82, 2.24) is 4.98 Å². The Morgan fingerprint density at radius 1 is 0.939 bits per heavy atom. The minimum atomic E-state index is -4.68. The van der Waals surface area contributed by atoms with Crippen molar-refractivity contribution in [3.63, 3.8) is 0 Å². The van der Waals surface area contributed by atoms with E-state index in [1.807, 2.05) is 0 Å². The Hall–Kier alpha value is -2.87. The molecule has 0 unspecified atom stereocenters. The number of hydrogen-bond donors (Lipinski definition) is 1. The summed E-state index contributed by atoms with van der Waals surface area (Å²) in [5, 5.41) is 2.05. The molecule has 180 valence electrons. The third-order valence-corrected chi connectivity index (χ3v) is 7.20. The average Bonchev–Trinajstić information content (AvgIpc) is 2.73. The molecule has 1 aromatic carbocycles. The van der Waals surface area contributed by atoms with E-state index in [1.165, 1.54) is 0 Å². The third-order valence-electron chi connectivity index (χ3n) is 4.84. The fourth-order valence-electron chi connectivity index (χ4n) is 3.08. The van der Waals surface area contributed by atoms with Crippen molar-refractivity contribution in [3.05, 3.63) is 53.7 Å². The average molecular weight is 498 g/mol. The van der Waals surface area contributed by atoms with Crippen LogP contribution in [0.1, 0.15) is 24.0 Å². The lowest BCUT2D eigenvalue weighted by Gasteiger charge is -2.35. The highest BCUT2D eigenvalue weighted by Crippen LogP contribution is 2.38. The lowest BCUT2D eigenvalue weighted by Crippen LogP contribution is -2.48. The summed E-state index contributed by atoms with van der Waals surface area (Å²) >= 11 is 0. The highest BCUT2D eigenvalue weighted by atomic mass is 32.2. The van der Waals surface area contributed by atoms with Gasteiger partial charge in [0.15, 0.2) is 0 Å². The van der Waals surface area contributed by atoms with Gasteiger partial charge in [0.25, 0.3) is 0 Å². The molecule has 0 bridgehead atoms. The summed E-state index contributed by atoms with van der Waals surface area (Å²) in [5.41, 5.74) is -2.12. The Bertz CT molecular complexity index is 1090. The van der Waals surface area contributed by atoms with Crippen molar-refractivity contribution in [2.75, 3.05) is 18.5 Å². The first-order chi connectivity index (χ1) is 15.2. The summed E-state index contributed by atoms with van der Waals surface area (Å²) < 4.78 is 113. The molecule has 1 saturated heterocycles. The highest BCUT2D eigenvalue weighted by Gasteiger charge is 2.50. The zero-order valence-corrected chi connectivity index (χ0v) is 17.4. The number of nitrogens with one attached hydrogen (secondary N) is 1. The van der Waals surface area contributed by atoms with Gasteiger partial charge in [0, 0.05) is 19.0 Å². The maximum atomic E-state index is 13.2. The van der Waals surface area contributed by atoms with Crippen LogP contribution in [0, 0.1) is 0 Å². The van der Waals surface area contributed by atoms with Crippen LogP contribution in [0.2, 0.25) is 0 Å². The van der Waals surface area contributed by atoms with E-state index in [9.17, 15) is 39.6 Å². The molecule has 1 aliphatic heterocycles.